The van der Waals surface area contributed by atoms with Crippen LogP contribution >= 0.6 is 0 Å². The summed E-state index contributed by atoms with van der Waals surface area (Å²) in [5.41, 5.74) is 5.33. The molecule has 96 valence electrons. The van der Waals surface area contributed by atoms with E-state index in [1.54, 1.807) is 6.07 Å². The average Bonchev–Trinajstić information content (AvgIpc) is 2.37. The lowest BCUT2D eigenvalue weighted by Gasteiger charge is -2.10. The number of aromatic nitrogens is 1. The number of nitriles is 1. The lowest BCUT2D eigenvalue weighted by atomic mass is 10.0. The van der Waals surface area contributed by atoms with Crippen molar-refractivity contribution in [3.05, 3.63) is 46.0 Å². The maximum absolute atomic E-state index is 13.4. The molecule has 0 saturated heterocycles. The fourth-order valence-corrected chi connectivity index (χ4v) is 1.79. The molecule has 0 bridgehead atoms. The summed E-state index contributed by atoms with van der Waals surface area (Å²) in [6.07, 6.45) is 0. The monoisotopic (exact) mass is 259 g/mol. The highest BCUT2D eigenvalue weighted by molar-refractivity contribution is 5.77. The van der Waals surface area contributed by atoms with Gasteiger partial charge >= 0.3 is 0 Å². The maximum Gasteiger partial charge on any atom is 0.268 e. The Bertz CT molecular complexity index is 732. The number of halogens is 1. The van der Waals surface area contributed by atoms with E-state index in [1.807, 2.05) is 0 Å². The van der Waals surface area contributed by atoms with E-state index in [0.717, 1.165) is 0 Å². The fourth-order valence-electron chi connectivity index (χ4n) is 1.79. The van der Waals surface area contributed by atoms with Crippen LogP contribution in [0.15, 0.2) is 29.1 Å². The fraction of sp³-hybridized carbons (Fsp3) is 0.0769. The number of anilines is 1. The van der Waals surface area contributed by atoms with Gasteiger partial charge in [0.25, 0.3) is 5.56 Å². The Morgan fingerprint density at radius 1 is 1.37 bits per heavy atom. The first-order chi connectivity index (χ1) is 9.06. The Morgan fingerprint density at radius 2 is 2.11 bits per heavy atom. The number of hydrogen-bond donors (Lipinski definition) is 2. The van der Waals surface area contributed by atoms with Crippen LogP contribution < -0.4 is 16.0 Å². The molecule has 1 heterocycles. The van der Waals surface area contributed by atoms with Crippen LogP contribution in [0.1, 0.15) is 5.56 Å². The smallest absolute Gasteiger partial charge is 0.268 e. The number of methoxy groups -OCH3 is 1. The number of aromatic amines is 1. The summed E-state index contributed by atoms with van der Waals surface area (Å²) in [6, 6.07) is 7.02. The summed E-state index contributed by atoms with van der Waals surface area (Å²) >= 11 is 0. The minimum atomic E-state index is -0.621. The molecule has 0 aliphatic carbocycles. The number of rotatable bonds is 2. The van der Waals surface area contributed by atoms with Gasteiger partial charge in [0.2, 0.25) is 0 Å². The van der Waals surface area contributed by atoms with Gasteiger partial charge in [-0.15, -0.1) is 0 Å². The van der Waals surface area contributed by atoms with Crippen LogP contribution in [0, 0.1) is 17.1 Å². The molecule has 0 unspecified atom stereocenters. The van der Waals surface area contributed by atoms with Crippen molar-refractivity contribution in [2.24, 2.45) is 0 Å². The zero-order chi connectivity index (χ0) is 14.0. The molecule has 0 fully saturated rings. The number of hydrogen-bond acceptors (Lipinski definition) is 4. The highest BCUT2D eigenvalue weighted by Gasteiger charge is 2.15. The van der Waals surface area contributed by atoms with E-state index in [4.69, 9.17) is 15.7 Å². The SMILES string of the molecule is COc1ccc(F)cc1-c1cc(N)[nH]c(=O)c1C#N. The van der Waals surface area contributed by atoms with E-state index in [9.17, 15) is 9.18 Å². The second-order valence-corrected chi connectivity index (χ2v) is 3.80. The molecule has 2 rings (SSSR count). The predicted octanol–water partition coefficient (Wildman–Crippen LogP) is 1.64. The molecule has 19 heavy (non-hydrogen) atoms. The summed E-state index contributed by atoms with van der Waals surface area (Å²) in [5.74, 6) is -0.0632. The lowest BCUT2D eigenvalue weighted by Crippen LogP contribution is -2.13. The summed E-state index contributed by atoms with van der Waals surface area (Å²) < 4.78 is 18.5. The Hall–Kier alpha value is -2.81. The van der Waals surface area contributed by atoms with Crippen molar-refractivity contribution in [3.8, 4) is 22.9 Å². The Labute approximate surface area is 108 Å². The van der Waals surface area contributed by atoms with E-state index in [1.165, 1.54) is 31.4 Å². The van der Waals surface area contributed by atoms with Crippen molar-refractivity contribution < 1.29 is 9.13 Å². The second-order valence-electron chi connectivity index (χ2n) is 3.80. The van der Waals surface area contributed by atoms with Gasteiger partial charge in [-0.25, -0.2) is 4.39 Å². The molecule has 0 spiro atoms. The number of benzene rings is 1. The highest BCUT2D eigenvalue weighted by Crippen LogP contribution is 2.32. The molecule has 6 heteroatoms. The van der Waals surface area contributed by atoms with Gasteiger partial charge in [0.15, 0.2) is 0 Å². The second kappa shape index (κ2) is 4.82. The first-order valence-electron chi connectivity index (χ1n) is 5.33. The largest absolute Gasteiger partial charge is 0.496 e. The van der Waals surface area contributed by atoms with Gasteiger partial charge in [-0.2, -0.15) is 5.26 Å². The quantitative estimate of drug-likeness (QED) is 0.857. The van der Waals surface area contributed by atoms with Crippen molar-refractivity contribution in [3.63, 3.8) is 0 Å². The first-order valence-corrected chi connectivity index (χ1v) is 5.33. The molecule has 0 atom stereocenters. The Kier molecular flexibility index (Phi) is 3.21. The number of pyridine rings is 1. The molecule has 0 aliphatic rings. The molecular weight excluding hydrogens is 249 g/mol. The van der Waals surface area contributed by atoms with Crippen LogP contribution in [0.25, 0.3) is 11.1 Å². The molecule has 2 aromatic rings. The van der Waals surface area contributed by atoms with Crippen molar-refractivity contribution in [2.45, 2.75) is 0 Å². The molecule has 5 nitrogen and oxygen atoms in total. The van der Waals surface area contributed by atoms with Crippen LogP contribution in [-0.4, -0.2) is 12.1 Å². The van der Waals surface area contributed by atoms with Crippen LogP contribution in [0.5, 0.6) is 5.75 Å². The number of nitrogens with zero attached hydrogens (tertiary/aromatic N) is 1. The van der Waals surface area contributed by atoms with Crippen LogP contribution in [0.3, 0.4) is 0 Å². The predicted molar refractivity (Wildman–Crippen MR) is 68.1 cm³/mol. The van der Waals surface area contributed by atoms with Gasteiger partial charge in [-0.05, 0) is 24.3 Å². The summed E-state index contributed by atoms with van der Waals surface area (Å²) in [5, 5.41) is 9.04. The maximum atomic E-state index is 13.4. The van der Waals surface area contributed by atoms with E-state index in [2.05, 4.69) is 4.98 Å². The Balaban J connectivity index is 2.82. The minimum absolute atomic E-state index is 0.0883. The summed E-state index contributed by atoms with van der Waals surface area (Å²) in [4.78, 5) is 14.0. The normalized spacial score (nSPS) is 9.95. The minimum Gasteiger partial charge on any atom is -0.496 e. The van der Waals surface area contributed by atoms with E-state index >= 15 is 0 Å². The van der Waals surface area contributed by atoms with E-state index in [-0.39, 0.29) is 16.9 Å². The number of nitrogen functional groups attached to an aromatic ring is 1. The van der Waals surface area contributed by atoms with Crippen LogP contribution in [0.2, 0.25) is 0 Å². The van der Waals surface area contributed by atoms with Gasteiger partial charge in [0.05, 0.1) is 7.11 Å². The molecular formula is C13H10FN3O2. The summed E-state index contributed by atoms with van der Waals surface area (Å²) in [6.45, 7) is 0. The topological polar surface area (TPSA) is 91.9 Å². The average molecular weight is 259 g/mol. The number of ether oxygens (including phenoxy) is 1. The van der Waals surface area contributed by atoms with Gasteiger partial charge in [-0.1, -0.05) is 0 Å². The van der Waals surface area contributed by atoms with Gasteiger partial charge in [0, 0.05) is 11.1 Å². The van der Waals surface area contributed by atoms with Gasteiger partial charge in [-0.3, -0.25) is 4.79 Å². The van der Waals surface area contributed by atoms with Crippen molar-refractivity contribution >= 4 is 5.82 Å². The van der Waals surface area contributed by atoms with Gasteiger partial charge in [0.1, 0.15) is 29.0 Å². The molecule has 0 radical (unpaired) electrons. The summed E-state index contributed by atoms with van der Waals surface area (Å²) in [7, 11) is 1.42. The van der Waals surface area contributed by atoms with Crippen LogP contribution in [0.4, 0.5) is 10.2 Å². The number of nitrogens with one attached hydrogen (secondary N) is 1. The Morgan fingerprint density at radius 3 is 2.74 bits per heavy atom. The zero-order valence-electron chi connectivity index (χ0n) is 10.0. The van der Waals surface area contributed by atoms with Crippen molar-refractivity contribution in [1.82, 2.24) is 4.98 Å². The van der Waals surface area contributed by atoms with Gasteiger partial charge < -0.3 is 15.5 Å². The highest BCUT2D eigenvalue weighted by atomic mass is 19.1. The molecule has 0 amide bonds. The molecule has 0 aliphatic heterocycles. The van der Waals surface area contributed by atoms with Crippen LogP contribution in [-0.2, 0) is 0 Å². The van der Waals surface area contributed by atoms with E-state index in [0.29, 0.717) is 11.3 Å². The number of H-pyrrole nitrogens is 1. The molecule has 1 aromatic heterocycles. The number of nitrogens with two attached hydrogens (primary N) is 1. The molecule has 1 aromatic carbocycles. The molecule has 0 saturated carbocycles. The third-order valence-corrected chi connectivity index (χ3v) is 2.62. The standard InChI is InChI=1S/C13H10FN3O2/c1-19-11-3-2-7(14)4-9(11)8-5-12(16)17-13(18)10(8)6-15/h2-5H,1H3,(H3,16,17,18). The van der Waals surface area contributed by atoms with E-state index < -0.39 is 11.4 Å². The zero-order valence-corrected chi connectivity index (χ0v) is 10.0. The van der Waals surface area contributed by atoms with Crippen molar-refractivity contribution in [2.75, 3.05) is 12.8 Å². The molecule has 3 N–H and O–H groups in total. The lowest BCUT2D eigenvalue weighted by molar-refractivity contribution is 0.415. The van der Waals surface area contributed by atoms with Crippen molar-refractivity contribution in [1.29, 1.82) is 5.26 Å². The third-order valence-electron chi connectivity index (χ3n) is 2.62. The third kappa shape index (κ3) is 2.26. The first kappa shape index (κ1) is 12.6.